The van der Waals surface area contributed by atoms with Crippen molar-refractivity contribution in [1.29, 1.82) is 0 Å². The van der Waals surface area contributed by atoms with E-state index >= 15 is 0 Å². The molecule has 2 rings (SSSR count). The van der Waals surface area contributed by atoms with Gasteiger partial charge in [0.1, 0.15) is 5.75 Å². The maximum atomic E-state index is 13.7. The molecule has 0 spiro atoms. The zero-order valence-corrected chi connectivity index (χ0v) is 11.6. The second-order valence-electron chi connectivity index (χ2n) is 3.83. The lowest BCUT2D eigenvalue weighted by Crippen LogP contribution is -1.97. The van der Waals surface area contributed by atoms with Crippen LogP contribution in [0.2, 0.25) is 0 Å². The van der Waals surface area contributed by atoms with Gasteiger partial charge in [0.05, 0.1) is 11.0 Å². The maximum absolute atomic E-state index is 13.7. The molecular formula is C13H8BrF2NO3. The van der Waals surface area contributed by atoms with E-state index < -0.39 is 28.0 Å². The maximum Gasteiger partial charge on any atom is 0.307 e. The predicted molar refractivity (Wildman–Crippen MR) is 72.2 cm³/mol. The number of alkyl halides is 1. The SMILES string of the molecule is O=[N+]([O-])c1cc(F)c(Oc2ccccc2CBr)cc1F. The fourth-order valence-electron chi connectivity index (χ4n) is 1.57. The monoisotopic (exact) mass is 343 g/mol. The lowest BCUT2D eigenvalue weighted by molar-refractivity contribution is -0.387. The molecular weight excluding hydrogens is 336 g/mol. The molecule has 0 amide bonds. The Labute approximate surface area is 121 Å². The molecule has 7 heteroatoms. The Kier molecular flexibility index (Phi) is 4.29. The van der Waals surface area contributed by atoms with Crippen LogP contribution in [0.4, 0.5) is 14.5 Å². The Balaban J connectivity index is 2.39. The summed E-state index contributed by atoms with van der Waals surface area (Å²) in [6.45, 7) is 0. The molecule has 4 nitrogen and oxygen atoms in total. The van der Waals surface area contributed by atoms with E-state index in [1.165, 1.54) is 0 Å². The van der Waals surface area contributed by atoms with Gasteiger partial charge >= 0.3 is 5.69 Å². The Morgan fingerprint density at radius 3 is 2.50 bits per heavy atom. The van der Waals surface area contributed by atoms with E-state index in [1.807, 2.05) is 0 Å². The van der Waals surface area contributed by atoms with E-state index in [0.717, 1.165) is 5.56 Å². The molecule has 0 bridgehead atoms. The fourth-order valence-corrected chi connectivity index (χ4v) is 2.03. The number of ether oxygens (including phenoxy) is 1. The predicted octanol–water partition coefficient (Wildman–Crippen LogP) is 4.56. The molecule has 0 atom stereocenters. The number of hydrogen-bond donors (Lipinski definition) is 0. The van der Waals surface area contributed by atoms with Crippen molar-refractivity contribution in [2.24, 2.45) is 0 Å². The topological polar surface area (TPSA) is 52.4 Å². The molecule has 104 valence electrons. The number of nitrogens with zero attached hydrogens (tertiary/aromatic N) is 1. The molecule has 0 aromatic heterocycles. The minimum absolute atomic E-state index is 0.344. The summed E-state index contributed by atoms with van der Waals surface area (Å²) in [6, 6.07) is 7.97. The van der Waals surface area contributed by atoms with Crippen LogP contribution in [0.5, 0.6) is 11.5 Å². The van der Waals surface area contributed by atoms with Crippen molar-refractivity contribution in [2.75, 3.05) is 0 Å². The van der Waals surface area contributed by atoms with Gasteiger partial charge in [0, 0.05) is 17.0 Å². The van der Waals surface area contributed by atoms with Crippen LogP contribution in [-0.4, -0.2) is 4.92 Å². The molecule has 0 saturated heterocycles. The molecule has 0 heterocycles. The van der Waals surface area contributed by atoms with Crippen LogP contribution in [0.1, 0.15) is 5.56 Å². The van der Waals surface area contributed by atoms with Crippen molar-refractivity contribution < 1.29 is 18.4 Å². The van der Waals surface area contributed by atoms with Crippen molar-refractivity contribution in [1.82, 2.24) is 0 Å². The van der Waals surface area contributed by atoms with Gasteiger partial charge in [-0.3, -0.25) is 10.1 Å². The van der Waals surface area contributed by atoms with Gasteiger partial charge < -0.3 is 4.74 Å². The lowest BCUT2D eigenvalue weighted by Gasteiger charge is -2.10. The van der Waals surface area contributed by atoms with Gasteiger partial charge in [-0.25, -0.2) is 4.39 Å². The van der Waals surface area contributed by atoms with Crippen molar-refractivity contribution >= 4 is 21.6 Å². The van der Waals surface area contributed by atoms with Gasteiger partial charge in [0.15, 0.2) is 11.6 Å². The second kappa shape index (κ2) is 5.96. The highest BCUT2D eigenvalue weighted by Crippen LogP contribution is 2.32. The first-order valence-electron chi connectivity index (χ1n) is 5.48. The number of rotatable bonds is 4. The zero-order chi connectivity index (χ0) is 14.7. The smallest absolute Gasteiger partial charge is 0.307 e. The van der Waals surface area contributed by atoms with E-state index in [4.69, 9.17) is 4.74 Å². The summed E-state index contributed by atoms with van der Waals surface area (Å²) in [6.07, 6.45) is 0. The van der Waals surface area contributed by atoms with E-state index in [-0.39, 0.29) is 0 Å². The minimum atomic E-state index is -1.15. The largest absolute Gasteiger partial charge is 0.454 e. The highest BCUT2D eigenvalue weighted by Gasteiger charge is 2.20. The average molecular weight is 344 g/mol. The van der Waals surface area contributed by atoms with E-state index in [2.05, 4.69) is 15.9 Å². The molecule has 20 heavy (non-hydrogen) atoms. The summed E-state index contributed by atoms with van der Waals surface area (Å²) in [5, 5.41) is 11.0. The number of hydrogen-bond acceptors (Lipinski definition) is 3. The van der Waals surface area contributed by atoms with Crippen molar-refractivity contribution in [3.8, 4) is 11.5 Å². The molecule has 0 unspecified atom stereocenters. The van der Waals surface area contributed by atoms with Crippen LogP contribution in [0.3, 0.4) is 0 Å². The number of para-hydroxylation sites is 1. The lowest BCUT2D eigenvalue weighted by atomic mass is 10.2. The summed E-state index contributed by atoms with van der Waals surface area (Å²) in [5.74, 6) is -2.21. The average Bonchev–Trinajstić information content (AvgIpc) is 2.42. The van der Waals surface area contributed by atoms with Gasteiger partial charge in [-0.05, 0) is 6.07 Å². The minimum Gasteiger partial charge on any atom is -0.454 e. The van der Waals surface area contributed by atoms with E-state index in [9.17, 15) is 18.9 Å². The van der Waals surface area contributed by atoms with Crippen LogP contribution in [0.15, 0.2) is 36.4 Å². The summed E-state index contributed by atoms with van der Waals surface area (Å²) in [4.78, 5) is 9.50. The summed E-state index contributed by atoms with van der Waals surface area (Å²) in [5.41, 5.74) is -0.186. The summed E-state index contributed by atoms with van der Waals surface area (Å²) < 4.78 is 32.5. The van der Waals surface area contributed by atoms with Crippen LogP contribution < -0.4 is 4.74 Å². The Morgan fingerprint density at radius 1 is 1.15 bits per heavy atom. The van der Waals surface area contributed by atoms with Crippen molar-refractivity contribution in [3.05, 3.63) is 63.7 Å². The highest BCUT2D eigenvalue weighted by atomic mass is 79.9. The fraction of sp³-hybridized carbons (Fsp3) is 0.0769. The molecule has 2 aromatic carbocycles. The third kappa shape index (κ3) is 2.93. The number of nitro groups is 1. The second-order valence-corrected chi connectivity index (χ2v) is 4.40. The third-order valence-corrected chi connectivity index (χ3v) is 3.14. The molecule has 2 aromatic rings. The van der Waals surface area contributed by atoms with Gasteiger partial charge in [-0.2, -0.15) is 4.39 Å². The standard InChI is InChI=1S/C13H8BrF2NO3/c14-7-8-3-1-2-4-12(8)20-13-6-9(15)11(17(18)19)5-10(13)16/h1-6H,7H2. The van der Waals surface area contributed by atoms with Gasteiger partial charge in [0.25, 0.3) is 0 Å². The van der Waals surface area contributed by atoms with Gasteiger partial charge in [-0.1, -0.05) is 34.1 Å². The Morgan fingerprint density at radius 2 is 1.85 bits per heavy atom. The van der Waals surface area contributed by atoms with Crippen LogP contribution in [-0.2, 0) is 5.33 Å². The number of benzene rings is 2. The van der Waals surface area contributed by atoms with Gasteiger partial charge in [0.2, 0.25) is 5.82 Å². The number of halogens is 3. The number of nitro benzene ring substituents is 1. The highest BCUT2D eigenvalue weighted by molar-refractivity contribution is 9.08. The molecule has 0 aliphatic heterocycles. The normalized spacial score (nSPS) is 10.3. The van der Waals surface area contributed by atoms with Crippen LogP contribution in [0, 0.1) is 21.7 Å². The molecule has 0 saturated carbocycles. The molecule has 0 N–H and O–H groups in total. The van der Waals surface area contributed by atoms with Crippen LogP contribution in [0.25, 0.3) is 0 Å². The quantitative estimate of drug-likeness (QED) is 0.464. The summed E-state index contributed by atoms with van der Waals surface area (Å²) in [7, 11) is 0. The Hall–Kier alpha value is -2.02. The summed E-state index contributed by atoms with van der Waals surface area (Å²) >= 11 is 3.25. The van der Waals surface area contributed by atoms with Crippen molar-refractivity contribution in [3.63, 3.8) is 0 Å². The first-order chi connectivity index (χ1) is 9.52. The first-order valence-corrected chi connectivity index (χ1v) is 6.60. The van der Waals surface area contributed by atoms with E-state index in [1.54, 1.807) is 24.3 Å². The molecule has 0 aliphatic rings. The first kappa shape index (κ1) is 14.4. The van der Waals surface area contributed by atoms with Crippen molar-refractivity contribution in [2.45, 2.75) is 5.33 Å². The van der Waals surface area contributed by atoms with Crippen LogP contribution >= 0.6 is 15.9 Å². The van der Waals surface area contributed by atoms with Gasteiger partial charge in [-0.15, -0.1) is 0 Å². The molecule has 0 fully saturated rings. The Bertz CT molecular complexity index is 664. The zero-order valence-electron chi connectivity index (χ0n) is 9.98. The molecule has 0 radical (unpaired) electrons. The molecule has 0 aliphatic carbocycles. The van der Waals surface area contributed by atoms with E-state index in [0.29, 0.717) is 23.2 Å². The third-order valence-electron chi connectivity index (χ3n) is 2.53.